The lowest BCUT2D eigenvalue weighted by Crippen LogP contribution is -2.22. The summed E-state index contributed by atoms with van der Waals surface area (Å²) in [5.74, 6) is 1.06. The summed E-state index contributed by atoms with van der Waals surface area (Å²) in [4.78, 5) is 9.59. The summed E-state index contributed by atoms with van der Waals surface area (Å²) in [6.45, 7) is 0. The summed E-state index contributed by atoms with van der Waals surface area (Å²) in [5, 5.41) is 11.0. The molecule has 0 bridgehead atoms. The van der Waals surface area contributed by atoms with Gasteiger partial charge in [-0.2, -0.15) is 0 Å². The van der Waals surface area contributed by atoms with Crippen molar-refractivity contribution in [2.24, 2.45) is 10.9 Å². The molecule has 130 valence electrons. The minimum atomic E-state index is 0.319. The second-order valence-corrected chi connectivity index (χ2v) is 5.59. The molecule has 22 heavy (non-hydrogen) atoms. The summed E-state index contributed by atoms with van der Waals surface area (Å²) in [7, 11) is 3.11. The van der Waals surface area contributed by atoms with Crippen molar-refractivity contribution in [3.63, 3.8) is 0 Å². The van der Waals surface area contributed by atoms with Gasteiger partial charge in [-0.15, -0.1) is 0 Å². The van der Waals surface area contributed by atoms with Crippen LogP contribution in [0.25, 0.3) is 0 Å². The molecule has 0 amide bonds. The number of nitrogens with one attached hydrogen (secondary N) is 2. The average molecular weight is 314 g/mol. The number of hydrogen-bond acceptors (Lipinski definition) is 4. The van der Waals surface area contributed by atoms with Gasteiger partial charge in [0.05, 0.1) is 12.9 Å². The molecule has 0 aliphatic rings. The van der Waals surface area contributed by atoms with E-state index in [2.05, 4.69) is 10.6 Å². The van der Waals surface area contributed by atoms with Crippen LogP contribution >= 0.6 is 0 Å². The summed E-state index contributed by atoms with van der Waals surface area (Å²) < 4.78 is 0. The molecule has 0 atom stereocenters. The molecular formula is C16H34N4O2. The van der Waals surface area contributed by atoms with E-state index in [9.17, 15) is 0 Å². The highest BCUT2D eigenvalue weighted by Gasteiger charge is 1.99. The third kappa shape index (κ3) is 15.1. The zero-order valence-electron chi connectivity index (χ0n) is 14.3. The molecule has 0 fully saturated rings. The molecule has 0 aliphatic heterocycles. The SMILES string of the molecule is CON=C(CCCCCCCCCCCCC(=N)N)NOC. The molecule has 4 N–H and O–H groups in total. The van der Waals surface area contributed by atoms with Crippen LogP contribution in [0.3, 0.4) is 0 Å². The summed E-state index contributed by atoms with van der Waals surface area (Å²) in [5.41, 5.74) is 8.05. The van der Waals surface area contributed by atoms with Crippen molar-refractivity contribution in [2.45, 2.75) is 77.0 Å². The van der Waals surface area contributed by atoms with Crippen LogP contribution in [0.5, 0.6) is 0 Å². The predicted molar refractivity (Wildman–Crippen MR) is 91.9 cm³/mol. The van der Waals surface area contributed by atoms with Crippen LogP contribution in [0.2, 0.25) is 0 Å². The first-order chi connectivity index (χ1) is 10.7. The van der Waals surface area contributed by atoms with Crippen molar-refractivity contribution in [3.05, 3.63) is 0 Å². The molecule has 0 saturated carbocycles. The van der Waals surface area contributed by atoms with Gasteiger partial charge in [-0.25, -0.2) is 0 Å². The Morgan fingerprint density at radius 3 is 1.73 bits per heavy atom. The quantitative estimate of drug-likeness (QED) is 0.186. The number of oxime groups is 1. The minimum absolute atomic E-state index is 0.319. The molecule has 0 aliphatic carbocycles. The molecule has 0 rings (SSSR count). The molecule has 0 spiro atoms. The van der Waals surface area contributed by atoms with Gasteiger partial charge in [0, 0.05) is 12.8 Å². The van der Waals surface area contributed by atoms with Crippen LogP contribution < -0.4 is 11.2 Å². The molecule has 0 aromatic rings. The van der Waals surface area contributed by atoms with Gasteiger partial charge in [-0.05, 0) is 12.8 Å². The van der Waals surface area contributed by atoms with Gasteiger partial charge in [0.25, 0.3) is 0 Å². The first kappa shape index (κ1) is 20.7. The summed E-state index contributed by atoms with van der Waals surface area (Å²) >= 11 is 0. The Morgan fingerprint density at radius 2 is 1.32 bits per heavy atom. The van der Waals surface area contributed by atoms with Gasteiger partial charge in [-0.1, -0.05) is 56.5 Å². The Bertz CT molecular complexity index is 296. The van der Waals surface area contributed by atoms with E-state index in [1.165, 1.54) is 58.5 Å². The Labute approximate surface area is 135 Å². The number of hydrogen-bond donors (Lipinski definition) is 3. The van der Waals surface area contributed by atoms with Crippen LogP contribution in [0.1, 0.15) is 77.0 Å². The van der Waals surface area contributed by atoms with E-state index in [0.717, 1.165) is 31.5 Å². The van der Waals surface area contributed by atoms with Gasteiger partial charge >= 0.3 is 0 Å². The number of nitrogens with zero attached hydrogens (tertiary/aromatic N) is 1. The highest BCUT2D eigenvalue weighted by Crippen LogP contribution is 2.12. The molecule has 0 aromatic carbocycles. The van der Waals surface area contributed by atoms with Gasteiger partial charge in [0.2, 0.25) is 0 Å². The molecule has 0 saturated heterocycles. The second-order valence-electron chi connectivity index (χ2n) is 5.59. The van der Waals surface area contributed by atoms with E-state index >= 15 is 0 Å². The second kappa shape index (κ2) is 16.1. The van der Waals surface area contributed by atoms with Crippen molar-refractivity contribution in [2.75, 3.05) is 14.2 Å². The maximum atomic E-state index is 7.15. The molecule has 6 heteroatoms. The summed E-state index contributed by atoms with van der Waals surface area (Å²) in [6, 6.07) is 0. The fourth-order valence-electron chi connectivity index (χ4n) is 2.37. The Kier molecular flexibility index (Phi) is 15.1. The third-order valence-electron chi connectivity index (χ3n) is 3.53. The van der Waals surface area contributed by atoms with Crippen LogP contribution in [-0.2, 0) is 9.68 Å². The first-order valence-electron chi connectivity index (χ1n) is 8.42. The fourth-order valence-corrected chi connectivity index (χ4v) is 2.37. The van der Waals surface area contributed by atoms with Crippen molar-refractivity contribution in [1.82, 2.24) is 5.48 Å². The van der Waals surface area contributed by atoms with Crippen molar-refractivity contribution < 1.29 is 9.68 Å². The largest absolute Gasteiger partial charge is 0.398 e. The highest BCUT2D eigenvalue weighted by atomic mass is 16.7. The van der Waals surface area contributed by atoms with Crippen LogP contribution in [0.15, 0.2) is 5.16 Å². The molecule has 0 radical (unpaired) electrons. The molecule has 0 unspecified atom stereocenters. The van der Waals surface area contributed by atoms with E-state index in [1.807, 2.05) is 0 Å². The van der Waals surface area contributed by atoms with Gasteiger partial charge in [-0.3, -0.25) is 15.7 Å². The molecule has 0 aromatic heterocycles. The lowest BCUT2D eigenvalue weighted by molar-refractivity contribution is 0.132. The van der Waals surface area contributed by atoms with Crippen LogP contribution in [0.4, 0.5) is 0 Å². The van der Waals surface area contributed by atoms with E-state index in [4.69, 9.17) is 20.8 Å². The van der Waals surface area contributed by atoms with E-state index < -0.39 is 0 Å². The zero-order chi connectivity index (χ0) is 16.5. The summed E-state index contributed by atoms with van der Waals surface area (Å²) in [6.07, 6.45) is 14.0. The number of amidine groups is 2. The normalized spacial score (nSPS) is 11.5. The lowest BCUT2D eigenvalue weighted by atomic mass is 10.0. The fraction of sp³-hybridized carbons (Fsp3) is 0.875. The highest BCUT2D eigenvalue weighted by molar-refractivity contribution is 5.80. The smallest absolute Gasteiger partial charge is 0.165 e. The number of unbranched alkanes of at least 4 members (excludes halogenated alkanes) is 9. The molecular weight excluding hydrogens is 280 g/mol. The minimum Gasteiger partial charge on any atom is -0.398 e. The van der Waals surface area contributed by atoms with E-state index in [-0.39, 0.29) is 0 Å². The van der Waals surface area contributed by atoms with Gasteiger partial charge in [0.15, 0.2) is 5.84 Å². The standard InChI is InChI=1S/C16H34N4O2/c1-21-19-16(20-22-2)14-12-10-8-6-4-3-5-7-9-11-13-15(17)18/h3-14H2,1-2H3,(H3,17,18)(H,19,20). The lowest BCUT2D eigenvalue weighted by Gasteiger charge is -2.06. The first-order valence-corrected chi connectivity index (χ1v) is 8.42. The van der Waals surface area contributed by atoms with Gasteiger partial charge < -0.3 is 10.6 Å². The van der Waals surface area contributed by atoms with E-state index in [0.29, 0.717) is 5.84 Å². The van der Waals surface area contributed by atoms with Crippen molar-refractivity contribution in [3.8, 4) is 0 Å². The average Bonchev–Trinajstić information content (AvgIpc) is 2.48. The Morgan fingerprint density at radius 1 is 0.864 bits per heavy atom. The monoisotopic (exact) mass is 314 g/mol. The Hall–Kier alpha value is -1.30. The Balaban J connectivity index is 3.26. The van der Waals surface area contributed by atoms with Crippen molar-refractivity contribution in [1.29, 1.82) is 5.41 Å². The maximum Gasteiger partial charge on any atom is 0.165 e. The van der Waals surface area contributed by atoms with Crippen molar-refractivity contribution >= 4 is 11.7 Å². The number of hydroxylamine groups is 1. The third-order valence-corrected chi connectivity index (χ3v) is 3.53. The zero-order valence-corrected chi connectivity index (χ0v) is 14.3. The topological polar surface area (TPSA) is 92.7 Å². The van der Waals surface area contributed by atoms with Gasteiger partial charge in [0.1, 0.15) is 7.11 Å². The van der Waals surface area contributed by atoms with E-state index in [1.54, 1.807) is 7.11 Å². The molecule has 0 heterocycles. The van der Waals surface area contributed by atoms with Crippen LogP contribution in [0, 0.1) is 5.41 Å². The number of nitrogens with two attached hydrogens (primary N) is 1. The molecule has 6 nitrogen and oxygen atoms in total. The van der Waals surface area contributed by atoms with Crippen LogP contribution in [-0.4, -0.2) is 25.9 Å². The maximum absolute atomic E-state index is 7.15. The number of rotatable bonds is 15. The predicted octanol–water partition coefficient (Wildman–Crippen LogP) is 3.71.